The lowest BCUT2D eigenvalue weighted by Gasteiger charge is -1.96. The molecule has 18 heavy (non-hydrogen) atoms. The lowest BCUT2D eigenvalue weighted by Crippen LogP contribution is -2.17. The Morgan fingerprint density at radius 3 is 3.06 bits per heavy atom. The highest BCUT2D eigenvalue weighted by Crippen LogP contribution is 2.36. The highest BCUT2D eigenvalue weighted by atomic mass is 79.9. The maximum Gasteiger partial charge on any atom is 0.218 e. The van der Waals surface area contributed by atoms with Crippen molar-refractivity contribution in [3.05, 3.63) is 22.7 Å². The Morgan fingerprint density at radius 1 is 1.56 bits per heavy atom. The lowest BCUT2D eigenvalue weighted by molar-refractivity contribution is 0.459. The monoisotopic (exact) mass is 326 g/mol. The van der Waals surface area contributed by atoms with Gasteiger partial charge in [0.25, 0.3) is 0 Å². The Morgan fingerprint density at radius 2 is 2.33 bits per heavy atom. The third-order valence-electron chi connectivity index (χ3n) is 2.28. The predicted molar refractivity (Wildman–Crippen MR) is 78.5 cm³/mol. The second-order valence-electron chi connectivity index (χ2n) is 3.55. The number of aromatic hydroxyl groups is 1. The van der Waals surface area contributed by atoms with E-state index < -0.39 is 0 Å². The molecule has 7 heteroatoms. The van der Waals surface area contributed by atoms with E-state index in [1.54, 1.807) is 0 Å². The third kappa shape index (κ3) is 2.68. The fraction of sp³-hybridized carbons (Fsp3) is 0.182. The third-order valence-corrected chi connectivity index (χ3v) is 3.00. The van der Waals surface area contributed by atoms with E-state index in [1.807, 2.05) is 25.1 Å². The number of hydrogen-bond acceptors (Lipinski definition) is 3. The summed E-state index contributed by atoms with van der Waals surface area (Å²) in [4.78, 5) is 2.83. The highest BCUT2D eigenvalue weighted by Gasteiger charge is 2.10. The number of rotatable bonds is 2. The predicted octanol–water partition coefficient (Wildman–Crippen LogP) is 3.61. The minimum absolute atomic E-state index is 0.0221. The summed E-state index contributed by atoms with van der Waals surface area (Å²) in [5, 5.41) is 21.5. The molecule has 0 atom stereocenters. The number of nitrogens with zero attached hydrogens (tertiary/aromatic N) is 2. The number of benzene rings is 1. The van der Waals surface area contributed by atoms with E-state index in [9.17, 15) is 5.11 Å². The second kappa shape index (κ2) is 5.45. The van der Waals surface area contributed by atoms with E-state index >= 15 is 0 Å². The quantitative estimate of drug-likeness (QED) is 0.583. The molecule has 0 fully saturated rings. The van der Waals surface area contributed by atoms with Crippen LogP contribution in [0, 0.1) is 0 Å². The summed E-state index contributed by atoms with van der Waals surface area (Å²) in [7, 11) is 0. The summed E-state index contributed by atoms with van der Waals surface area (Å²) < 4.78 is 0.903. The van der Waals surface area contributed by atoms with Crippen molar-refractivity contribution in [2.45, 2.75) is 6.92 Å². The minimum Gasteiger partial charge on any atom is -0.493 e. The van der Waals surface area contributed by atoms with Crippen molar-refractivity contribution in [1.82, 2.24) is 10.3 Å². The van der Waals surface area contributed by atoms with Gasteiger partial charge in [-0.05, 0) is 37.3 Å². The first-order chi connectivity index (χ1) is 8.61. The van der Waals surface area contributed by atoms with E-state index in [-0.39, 0.29) is 5.88 Å². The van der Waals surface area contributed by atoms with Crippen molar-refractivity contribution in [3.63, 3.8) is 0 Å². The first-order valence-corrected chi connectivity index (χ1v) is 6.51. The molecule has 5 nitrogen and oxygen atoms in total. The van der Waals surface area contributed by atoms with Crippen molar-refractivity contribution >= 4 is 49.9 Å². The summed E-state index contributed by atoms with van der Waals surface area (Å²) >= 11 is 8.32. The summed E-state index contributed by atoms with van der Waals surface area (Å²) in [6.07, 6.45) is 0. The molecule has 0 aliphatic carbocycles. The summed E-state index contributed by atoms with van der Waals surface area (Å²) in [5.41, 5.74) is 1.17. The number of H-pyrrole nitrogens is 1. The molecule has 0 amide bonds. The maximum atomic E-state index is 9.78. The van der Waals surface area contributed by atoms with Crippen LogP contribution >= 0.6 is 28.1 Å². The maximum absolute atomic E-state index is 9.78. The molecule has 0 aliphatic rings. The number of halogens is 1. The number of fused-ring (bicyclic) bond motifs is 1. The highest BCUT2D eigenvalue weighted by molar-refractivity contribution is 9.10. The summed E-state index contributed by atoms with van der Waals surface area (Å²) in [6, 6.07) is 5.58. The molecule has 1 heterocycles. The standard InChI is InChI=1S/C11H11BrN4OS/c1-2-13-11(18)16-15-9-7-5-6(12)3-4-8(7)14-10(9)17/h3-5,14,17H,2H2,1H3,(H,13,18). The van der Waals surface area contributed by atoms with Crippen LogP contribution in [0.4, 0.5) is 5.69 Å². The fourth-order valence-corrected chi connectivity index (χ4v) is 2.07. The van der Waals surface area contributed by atoms with E-state index in [2.05, 4.69) is 36.5 Å². The first-order valence-electron chi connectivity index (χ1n) is 5.31. The average molecular weight is 327 g/mol. The van der Waals surface area contributed by atoms with Crippen LogP contribution in [0.15, 0.2) is 32.9 Å². The number of nitrogens with one attached hydrogen (secondary N) is 2. The van der Waals surface area contributed by atoms with Gasteiger partial charge in [0.15, 0.2) is 5.69 Å². The molecule has 0 radical (unpaired) electrons. The Labute approximate surface area is 117 Å². The molecule has 3 N–H and O–H groups in total. The Hall–Kier alpha value is -1.47. The van der Waals surface area contributed by atoms with Gasteiger partial charge in [0.2, 0.25) is 11.0 Å². The van der Waals surface area contributed by atoms with E-state index in [4.69, 9.17) is 12.2 Å². The van der Waals surface area contributed by atoms with Crippen LogP contribution in [-0.2, 0) is 0 Å². The largest absolute Gasteiger partial charge is 0.493 e. The van der Waals surface area contributed by atoms with E-state index in [1.165, 1.54) is 0 Å². The van der Waals surface area contributed by atoms with Crippen molar-refractivity contribution in [1.29, 1.82) is 0 Å². The number of hydrogen-bond donors (Lipinski definition) is 3. The van der Waals surface area contributed by atoms with Crippen LogP contribution in [0.2, 0.25) is 0 Å². The zero-order valence-corrected chi connectivity index (χ0v) is 12.0. The SMILES string of the molecule is CCNC(=S)N=Nc1c(O)[nH]c2ccc(Br)cc12. The van der Waals surface area contributed by atoms with Gasteiger partial charge in [-0.2, -0.15) is 0 Å². The van der Waals surface area contributed by atoms with Gasteiger partial charge in [-0.15, -0.1) is 10.2 Å². The fourth-order valence-electron chi connectivity index (χ4n) is 1.52. The van der Waals surface area contributed by atoms with Crippen LogP contribution in [-0.4, -0.2) is 21.7 Å². The molecular weight excluding hydrogens is 316 g/mol. The number of thiocarbonyl (C=S) groups is 1. The molecule has 0 spiro atoms. The van der Waals surface area contributed by atoms with Crippen LogP contribution in [0.1, 0.15) is 6.92 Å². The molecule has 1 aromatic heterocycles. The molecule has 2 rings (SSSR count). The first kappa shape index (κ1) is 13.0. The van der Waals surface area contributed by atoms with Gasteiger partial charge >= 0.3 is 0 Å². The van der Waals surface area contributed by atoms with Crippen LogP contribution in [0.25, 0.3) is 10.9 Å². The molecular formula is C11H11BrN4OS. The number of azo groups is 1. The van der Waals surface area contributed by atoms with E-state index in [0.717, 1.165) is 15.4 Å². The Bertz CT molecular complexity index is 623. The molecule has 2 aromatic rings. The van der Waals surface area contributed by atoms with Gasteiger partial charge in [0.05, 0.1) is 5.52 Å². The van der Waals surface area contributed by atoms with Gasteiger partial charge in [-0.3, -0.25) is 0 Å². The van der Waals surface area contributed by atoms with Gasteiger partial charge < -0.3 is 15.4 Å². The molecule has 94 valence electrons. The molecule has 0 saturated carbocycles. The van der Waals surface area contributed by atoms with Crippen LogP contribution in [0.5, 0.6) is 5.88 Å². The minimum atomic E-state index is -0.0221. The zero-order chi connectivity index (χ0) is 13.1. The normalized spacial score (nSPS) is 11.2. The van der Waals surface area contributed by atoms with Crippen molar-refractivity contribution in [3.8, 4) is 5.88 Å². The summed E-state index contributed by atoms with van der Waals surface area (Å²) in [6.45, 7) is 2.60. The average Bonchev–Trinajstić information content (AvgIpc) is 2.62. The number of aromatic nitrogens is 1. The van der Waals surface area contributed by atoms with Crippen molar-refractivity contribution in [2.75, 3.05) is 6.54 Å². The van der Waals surface area contributed by atoms with Gasteiger partial charge in [0, 0.05) is 16.4 Å². The van der Waals surface area contributed by atoms with Gasteiger partial charge in [-0.25, -0.2) is 0 Å². The van der Waals surface area contributed by atoms with Gasteiger partial charge in [0.1, 0.15) is 0 Å². The molecule has 0 unspecified atom stereocenters. The molecule has 0 bridgehead atoms. The topological polar surface area (TPSA) is 72.8 Å². The lowest BCUT2D eigenvalue weighted by atomic mass is 10.2. The molecule has 0 aliphatic heterocycles. The van der Waals surface area contributed by atoms with Gasteiger partial charge in [-0.1, -0.05) is 15.9 Å². The van der Waals surface area contributed by atoms with E-state index in [0.29, 0.717) is 17.3 Å². The van der Waals surface area contributed by atoms with Crippen LogP contribution in [0.3, 0.4) is 0 Å². The Kier molecular flexibility index (Phi) is 3.93. The molecule has 0 saturated heterocycles. The van der Waals surface area contributed by atoms with Crippen molar-refractivity contribution < 1.29 is 5.11 Å². The van der Waals surface area contributed by atoms with Crippen LogP contribution < -0.4 is 5.32 Å². The molecule has 1 aromatic carbocycles. The zero-order valence-electron chi connectivity index (χ0n) is 9.57. The summed E-state index contributed by atoms with van der Waals surface area (Å²) in [5.74, 6) is -0.0221. The second-order valence-corrected chi connectivity index (χ2v) is 4.85. The van der Waals surface area contributed by atoms with Crippen molar-refractivity contribution in [2.24, 2.45) is 10.2 Å². The number of aromatic amines is 1. The Balaban J connectivity index is 2.41. The smallest absolute Gasteiger partial charge is 0.218 e.